The van der Waals surface area contributed by atoms with Gasteiger partial charge in [0.15, 0.2) is 0 Å². The molecule has 2 atom stereocenters. The van der Waals surface area contributed by atoms with Gasteiger partial charge < -0.3 is 4.74 Å². The van der Waals surface area contributed by atoms with Gasteiger partial charge in [-0.2, -0.15) is 5.10 Å². The average Bonchev–Trinajstić information content (AvgIpc) is 3.32. The van der Waals surface area contributed by atoms with Crippen LogP contribution in [-0.4, -0.2) is 10.7 Å². The molecule has 1 aromatic heterocycles. The van der Waals surface area contributed by atoms with Gasteiger partial charge in [0.2, 0.25) is 6.23 Å². The highest BCUT2D eigenvalue weighted by Gasteiger charge is 2.41. The van der Waals surface area contributed by atoms with E-state index in [0.29, 0.717) is 0 Å². The van der Waals surface area contributed by atoms with Crippen molar-refractivity contribution in [3.05, 3.63) is 85.5 Å². The van der Waals surface area contributed by atoms with Gasteiger partial charge in [-0.25, -0.2) is 5.01 Å². The van der Waals surface area contributed by atoms with E-state index in [2.05, 4.69) is 44.5 Å². The fourth-order valence-electron chi connectivity index (χ4n) is 3.49. The molecule has 0 saturated carbocycles. The van der Waals surface area contributed by atoms with Crippen molar-refractivity contribution in [2.45, 2.75) is 18.7 Å². The van der Waals surface area contributed by atoms with Crippen LogP contribution < -0.4 is 4.74 Å². The second-order valence-electron chi connectivity index (χ2n) is 6.32. The number of thiophene rings is 1. The lowest BCUT2D eigenvalue weighted by molar-refractivity contribution is -0.0166. The molecule has 5 rings (SSSR count). The molecular formula is C20H14BrClN2OS. The number of fused-ring (bicyclic) bond motifs is 3. The van der Waals surface area contributed by atoms with Crippen molar-refractivity contribution in [3.63, 3.8) is 0 Å². The maximum atomic E-state index is 6.34. The fourth-order valence-corrected chi connectivity index (χ4v) is 4.74. The molecule has 3 aromatic rings. The molecule has 0 aliphatic carbocycles. The molecule has 130 valence electrons. The van der Waals surface area contributed by atoms with E-state index >= 15 is 0 Å². The molecule has 2 aliphatic heterocycles. The van der Waals surface area contributed by atoms with Crippen LogP contribution in [0, 0.1) is 0 Å². The van der Waals surface area contributed by atoms with Crippen LogP contribution in [0.3, 0.4) is 0 Å². The van der Waals surface area contributed by atoms with E-state index in [1.165, 1.54) is 5.56 Å². The van der Waals surface area contributed by atoms with Crippen LogP contribution in [0.15, 0.2) is 69.6 Å². The Morgan fingerprint density at radius 3 is 2.77 bits per heavy atom. The highest BCUT2D eigenvalue weighted by Crippen LogP contribution is 2.48. The summed E-state index contributed by atoms with van der Waals surface area (Å²) < 4.78 is 7.39. The second kappa shape index (κ2) is 6.41. The normalized spacial score (nSPS) is 21.0. The Bertz CT molecular complexity index is 988. The van der Waals surface area contributed by atoms with Gasteiger partial charge in [-0.1, -0.05) is 45.7 Å². The zero-order chi connectivity index (χ0) is 17.7. The third-order valence-electron chi connectivity index (χ3n) is 4.72. The summed E-state index contributed by atoms with van der Waals surface area (Å²) in [4.78, 5) is 1.16. The monoisotopic (exact) mass is 444 g/mol. The molecule has 0 amide bonds. The minimum atomic E-state index is -0.196. The number of hydrazone groups is 1. The Labute approximate surface area is 169 Å². The van der Waals surface area contributed by atoms with Crippen molar-refractivity contribution >= 4 is 44.6 Å². The first-order valence-corrected chi connectivity index (χ1v) is 10.4. The molecule has 0 spiro atoms. The molecule has 0 radical (unpaired) electrons. The van der Waals surface area contributed by atoms with Gasteiger partial charge in [-0.15, -0.1) is 11.3 Å². The predicted octanol–water partition coefficient (Wildman–Crippen LogP) is 6.41. The minimum Gasteiger partial charge on any atom is -0.464 e. The summed E-state index contributed by atoms with van der Waals surface area (Å²) in [5.74, 6) is 0.931. The second-order valence-corrected chi connectivity index (χ2v) is 8.65. The van der Waals surface area contributed by atoms with Crippen molar-refractivity contribution in [3.8, 4) is 5.75 Å². The number of benzene rings is 2. The summed E-state index contributed by atoms with van der Waals surface area (Å²) in [6.07, 6.45) is 0.648. The number of nitrogens with zero attached hydrogens (tertiary/aromatic N) is 2. The standard InChI is InChI=1S/C20H14BrClN2OS/c21-13-5-8-18-15(10-13)17-11-16(12-3-6-14(22)7-4-12)23-24(17)20(25-18)19-2-1-9-26-19/h1-10,17,20H,11H2/t17-,20-/m0/s1. The van der Waals surface area contributed by atoms with Crippen LogP contribution in [0.5, 0.6) is 5.75 Å². The fraction of sp³-hybridized carbons (Fsp3) is 0.150. The highest BCUT2D eigenvalue weighted by atomic mass is 79.9. The zero-order valence-corrected chi connectivity index (χ0v) is 16.8. The van der Waals surface area contributed by atoms with E-state index in [0.717, 1.165) is 37.8 Å². The van der Waals surface area contributed by atoms with Crippen LogP contribution in [0.4, 0.5) is 0 Å². The Balaban J connectivity index is 1.60. The lowest BCUT2D eigenvalue weighted by Crippen LogP contribution is -2.33. The summed E-state index contributed by atoms with van der Waals surface area (Å²) in [5.41, 5.74) is 3.33. The van der Waals surface area contributed by atoms with Crippen LogP contribution in [0.25, 0.3) is 0 Å². The molecule has 0 unspecified atom stereocenters. The van der Waals surface area contributed by atoms with Gasteiger partial charge >= 0.3 is 0 Å². The molecular weight excluding hydrogens is 432 g/mol. The zero-order valence-electron chi connectivity index (χ0n) is 13.6. The quantitative estimate of drug-likeness (QED) is 0.455. The lowest BCUT2D eigenvalue weighted by Gasteiger charge is -2.37. The number of ether oxygens (including phenoxy) is 1. The predicted molar refractivity (Wildman–Crippen MR) is 109 cm³/mol. The van der Waals surface area contributed by atoms with Crippen molar-refractivity contribution in [2.24, 2.45) is 5.10 Å². The van der Waals surface area contributed by atoms with E-state index in [4.69, 9.17) is 21.4 Å². The first-order valence-electron chi connectivity index (χ1n) is 8.30. The van der Waals surface area contributed by atoms with Crippen LogP contribution in [-0.2, 0) is 0 Å². The van der Waals surface area contributed by atoms with E-state index in [1.807, 2.05) is 36.4 Å². The highest BCUT2D eigenvalue weighted by molar-refractivity contribution is 9.10. The molecule has 0 N–H and O–H groups in total. The van der Waals surface area contributed by atoms with Gasteiger partial charge in [0.1, 0.15) is 5.75 Å². The Hall–Kier alpha value is -1.82. The summed E-state index contributed by atoms with van der Waals surface area (Å²) in [5, 5.41) is 9.86. The molecule has 0 fully saturated rings. The molecule has 0 saturated heterocycles. The van der Waals surface area contributed by atoms with E-state index in [9.17, 15) is 0 Å². The summed E-state index contributed by atoms with van der Waals surface area (Å²) in [6.45, 7) is 0. The van der Waals surface area contributed by atoms with Gasteiger partial charge in [0, 0.05) is 21.5 Å². The molecule has 0 bridgehead atoms. The minimum absolute atomic E-state index is 0.161. The molecule has 6 heteroatoms. The third kappa shape index (κ3) is 2.75. The first kappa shape index (κ1) is 16.4. The van der Waals surface area contributed by atoms with Crippen molar-refractivity contribution in [1.82, 2.24) is 5.01 Å². The lowest BCUT2D eigenvalue weighted by atomic mass is 9.96. The Kier molecular flexibility index (Phi) is 4.03. The molecule has 3 heterocycles. The van der Waals surface area contributed by atoms with Gasteiger partial charge in [-0.05, 0) is 47.3 Å². The van der Waals surface area contributed by atoms with Crippen molar-refractivity contribution in [2.75, 3.05) is 0 Å². The topological polar surface area (TPSA) is 24.8 Å². The maximum Gasteiger partial charge on any atom is 0.222 e. The van der Waals surface area contributed by atoms with Gasteiger partial charge in [-0.3, -0.25) is 0 Å². The van der Waals surface area contributed by atoms with Gasteiger partial charge in [0.25, 0.3) is 0 Å². The molecule has 2 aliphatic rings. The van der Waals surface area contributed by atoms with Crippen LogP contribution >= 0.6 is 38.9 Å². The van der Waals surface area contributed by atoms with E-state index in [-0.39, 0.29) is 12.3 Å². The average molecular weight is 446 g/mol. The Morgan fingerprint density at radius 2 is 2.00 bits per heavy atom. The Morgan fingerprint density at radius 1 is 1.15 bits per heavy atom. The van der Waals surface area contributed by atoms with E-state index < -0.39 is 0 Å². The number of hydrogen-bond acceptors (Lipinski definition) is 4. The van der Waals surface area contributed by atoms with Crippen LogP contribution in [0.1, 0.15) is 34.7 Å². The third-order valence-corrected chi connectivity index (χ3v) is 6.36. The van der Waals surface area contributed by atoms with Crippen molar-refractivity contribution in [1.29, 1.82) is 0 Å². The molecule has 26 heavy (non-hydrogen) atoms. The van der Waals surface area contributed by atoms with Crippen molar-refractivity contribution < 1.29 is 4.74 Å². The summed E-state index contributed by atoms with van der Waals surface area (Å²) in [7, 11) is 0. The number of rotatable bonds is 2. The first-order chi connectivity index (χ1) is 12.7. The SMILES string of the molecule is Clc1ccc(C2=NN3[C@@H](C2)c2cc(Br)ccc2O[C@H]3c2cccs2)cc1. The summed E-state index contributed by atoms with van der Waals surface area (Å²) >= 11 is 11.3. The van der Waals surface area contributed by atoms with Crippen LogP contribution in [0.2, 0.25) is 5.02 Å². The number of halogens is 2. The molecule has 2 aromatic carbocycles. The smallest absolute Gasteiger partial charge is 0.222 e. The van der Waals surface area contributed by atoms with Gasteiger partial charge in [0.05, 0.1) is 16.6 Å². The largest absolute Gasteiger partial charge is 0.464 e. The van der Waals surface area contributed by atoms with E-state index in [1.54, 1.807) is 11.3 Å². The maximum absolute atomic E-state index is 6.34. The molecule has 3 nitrogen and oxygen atoms in total. The number of hydrogen-bond donors (Lipinski definition) is 0. The summed E-state index contributed by atoms with van der Waals surface area (Å²) in [6, 6.07) is 18.4.